The first-order chi connectivity index (χ1) is 8.44. The molecule has 0 aromatic carbocycles. The quantitative estimate of drug-likeness (QED) is 0.676. The van der Waals surface area contributed by atoms with E-state index in [9.17, 15) is 14.4 Å². The van der Waals surface area contributed by atoms with Crippen LogP contribution < -0.4 is 5.48 Å². The Morgan fingerprint density at radius 2 is 2.39 bits per heavy atom. The maximum Gasteiger partial charge on any atom is 0.332 e. The zero-order valence-electron chi connectivity index (χ0n) is 9.84. The zero-order chi connectivity index (χ0) is 13.3. The summed E-state index contributed by atoms with van der Waals surface area (Å²) < 4.78 is 0. The molecule has 2 heterocycles. The molecule has 2 aliphatic rings. The van der Waals surface area contributed by atoms with Gasteiger partial charge in [-0.3, -0.25) is 14.4 Å². The van der Waals surface area contributed by atoms with E-state index in [4.69, 9.17) is 5.11 Å². The summed E-state index contributed by atoms with van der Waals surface area (Å²) in [6.45, 7) is 1.34. The van der Waals surface area contributed by atoms with Crippen molar-refractivity contribution in [2.75, 3.05) is 12.4 Å². The summed E-state index contributed by atoms with van der Waals surface area (Å²) in [7, 11) is 0. The van der Waals surface area contributed by atoms with Gasteiger partial charge in [-0.1, -0.05) is 0 Å². The summed E-state index contributed by atoms with van der Waals surface area (Å²) in [5, 5.41) is 8.38. The molecule has 0 saturated carbocycles. The third-order valence-electron chi connectivity index (χ3n) is 3.12. The highest BCUT2D eigenvalue weighted by atomic mass is 32.2. The Morgan fingerprint density at radius 3 is 3.06 bits per heavy atom. The number of thioether (sulfide) groups is 1. The molecule has 0 radical (unpaired) electrons. The van der Waals surface area contributed by atoms with E-state index in [1.165, 1.54) is 0 Å². The van der Waals surface area contributed by atoms with Gasteiger partial charge in [0, 0.05) is 12.2 Å². The summed E-state index contributed by atoms with van der Waals surface area (Å²) >= 11 is 1.57. The van der Waals surface area contributed by atoms with Crippen molar-refractivity contribution < 1.29 is 24.3 Å². The van der Waals surface area contributed by atoms with Crippen molar-refractivity contribution >= 4 is 29.5 Å². The van der Waals surface area contributed by atoms with Crippen molar-refractivity contribution in [3.63, 3.8) is 0 Å². The van der Waals surface area contributed by atoms with Crippen LogP contribution in [0.3, 0.4) is 0 Å². The standard InChI is InChI=1S/C10H14N2O5S/c1-10-3-2-7(13)12(10)6(5-18-10)9(16)11-17-4-8(14)15/h6H,2-5H2,1H3,(H,11,16)(H,14,15). The van der Waals surface area contributed by atoms with Gasteiger partial charge in [0.25, 0.3) is 5.91 Å². The number of carboxylic acids is 1. The topological polar surface area (TPSA) is 95.9 Å². The number of carbonyl (C=O) groups excluding carboxylic acids is 2. The van der Waals surface area contributed by atoms with Crippen molar-refractivity contribution in [1.29, 1.82) is 0 Å². The van der Waals surface area contributed by atoms with Gasteiger partial charge in [-0.2, -0.15) is 0 Å². The molecule has 0 bridgehead atoms. The van der Waals surface area contributed by atoms with Gasteiger partial charge in [-0.25, -0.2) is 10.3 Å². The van der Waals surface area contributed by atoms with E-state index in [1.54, 1.807) is 16.7 Å². The molecular weight excluding hydrogens is 260 g/mol. The molecule has 0 aliphatic carbocycles. The van der Waals surface area contributed by atoms with Crippen LogP contribution in [0, 0.1) is 0 Å². The fourth-order valence-electron chi connectivity index (χ4n) is 2.25. The SMILES string of the molecule is CC12CCC(=O)N1C(C(=O)NOCC(=O)O)CS2. The number of aliphatic carboxylic acids is 1. The van der Waals surface area contributed by atoms with Crippen LogP contribution in [-0.2, 0) is 19.2 Å². The van der Waals surface area contributed by atoms with Crippen LogP contribution in [0.15, 0.2) is 0 Å². The Morgan fingerprint density at radius 1 is 1.67 bits per heavy atom. The Bertz CT molecular complexity index is 402. The molecule has 8 heteroatoms. The van der Waals surface area contributed by atoms with E-state index in [1.807, 2.05) is 6.92 Å². The predicted octanol–water partition coefficient (Wildman–Crippen LogP) is -0.427. The summed E-state index contributed by atoms with van der Waals surface area (Å²) in [5.74, 6) is -1.17. The van der Waals surface area contributed by atoms with Crippen LogP contribution in [-0.4, -0.2) is 51.1 Å². The smallest absolute Gasteiger partial charge is 0.332 e. The third-order valence-corrected chi connectivity index (χ3v) is 4.62. The number of carboxylic acid groups (broad SMARTS) is 1. The molecule has 0 aromatic rings. The summed E-state index contributed by atoms with van der Waals surface area (Å²) in [5.41, 5.74) is 2.08. The van der Waals surface area contributed by atoms with Crippen LogP contribution in [0.5, 0.6) is 0 Å². The lowest BCUT2D eigenvalue weighted by molar-refractivity contribution is -0.153. The minimum absolute atomic E-state index is 0.0408. The van der Waals surface area contributed by atoms with Gasteiger partial charge >= 0.3 is 5.97 Å². The molecule has 2 unspecified atom stereocenters. The van der Waals surface area contributed by atoms with Gasteiger partial charge in [0.1, 0.15) is 6.04 Å². The first-order valence-corrected chi connectivity index (χ1v) is 6.52. The number of nitrogens with zero attached hydrogens (tertiary/aromatic N) is 1. The number of amides is 2. The van der Waals surface area contributed by atoms with Gasteiger partial charge < -0.3 is 10.0 Å². The maximum absolute atomic E-state index is 11.8. The largest absolute Gasteiger partial charge is 0.479 e. The molecule has 0 spiro atoms. The van der Waals surface area contributed by atoms with E-state index in [-0.39, 0.29) is 10.8 Å². The normalized spacial score (nSPS) is 30.4. The lowest BCUT2D eigenvalue weighted by Crippen LogP contribution is -2.50. The fourth-order valence-corrected chi connectivity index (χ4v) is 3.68. The molecule has 2 rings (SSSR count). The fraction of sp³-hybridized carbons (Fsp3) is 0.700. The van der Waals surface area contributed by atoms with Crippen molar-refractivity contribution in [3.8, 4) is 0 Å². The number of hydroxylamine groups is 1. The van der Waals surface area contributed by atoms with Crippen LogP contribution in [0.2, 0.25) is 0 Å². The van der Waals surface area contributed by atoms with Gasteiger partial charge in [-0.15, -0.1) is 11.8 Å². The number of fused-ring (bicyclic) bond motifs is 1. The second-order valence-electron chi connectivity index (χ2n) is 4.41. The molecule has 2 saturated heterocycles. The highest BCUT2D eigenvalue weighted by molar-refractivity contribution is 8.01. The minimum Gasteiger partial charge on any atom is -0.479 e. The third kappa shape index (κ3) is 2.30. The van der Waals surface area contributed by atoms with Crippen molar-refractivity contribution in [2.45, 2.75) is 30.7 Å². The van der Waals surface area contributed by atoms with E-state index in [0.717, 1.165) is 6.42 Å². The number of hydrogen-bond donors (Lipinski definition) is 2. The first kappa shape index (κ1) is 13.2. The highest BCUT2D eigenvalue weighted by Crippen LogP contribution is 2.47. The summed E-state index contributed by atoms with van der Waals surface area (Å²) in [6, 6.07) is -0.580. The molecule has 100 valence electrons. The van der Waals surface area contributed by atoms with Crippen LogP contribution in [0.4, 0.5) is 0 Å². The lowest BCUT2D eigenvalue weighted by atomic mass is 10.2. The Hall–Kier alpha value is -1.28. The van der Waals surface area contributed by atoms with Gasteiger partial charge in [0.15, 0.2) is 6.61 Å². The van der Waals surface area contributed by atoms with Crippen LogP contribution in [0.1, 0.15) is 19.8 Å². The van der Waals surface area contributed by atoms with Crippen molar-refractivity contribution in [3.05, 3.63) is 0 Å². The monoisotopic (exact) mass is 274 g/mol. The van der Waals surface area contributed by atoms with Gasteiger partial charge in [0.2, 0.25) is 5.91 Å². The molecule has 2 amide bonds. The van der Waals surface area contributed by atoms with Crippen molar-refractivity contribution in [2.24, 2.45) is 0 Å². The van der Waals surface area contributed by atoms with Crippen LogP contribution >= 0.6 is 11.8 Å². The number of hydrogen-bond acceptors (Lipinski definition) is 5. The molecule has 0 aromatic heterocycles. The molecule has 2 atom stereocenters. The highest BCUT2D eigenvalue weighted by Gasteiger charge is 2.52. The van der Waals surface area contributed by atoms with Gasteiger partial charge in [-0.05, 0) is 13.3 Å². The average molecular weight is 274 g/mol. The molecular formula is C10H14N2O5S. The average Bonchev–Trinajstić information content (AvgIpc) is 2.76. The second-order valence-corrected chi connectivity index (χ2v) is 5.92. The summed E-state index contributed by atoms with van der Waals surface area (Å²) in [6.07, 6.45) is 1.18. The number of carbonyl (C=O) groups is 3. The second kappa shape index (κ2) is 4.77. The Balaban J connectivity index is 1.95. The van der Waals surface area contributed by atoms with Gasteiger partial charge in [0.05, 0.1) is 4.87 Å². The molecule has 2 N–H and O–H groups in total. The molecule has 2 fully saturated rings. The van der Waals surface area contributed by atoms with E-state index < -0.39 is 24.5 Å². The first-order valence-electron chi connectivity index (χ1n) is 5.53. The molecule has 18 heavy (non-hydrogen) atoms. The molecule has 2 aliphatic heterocycles. The maximum atomic E-state index is 11.8. The van der Waals surface area contributed by atoms with E-state index in [2.05, 4.69) is 10.3 Å². The number of rotatable bonds is 4. The van der Waals surface area contributed by atoms with E-state index >= 15 is 0 Å². The number of nitrogens with one attached hydrogen (secondary N) is 1. The van der Waals surface area contributed by atoms with Crippen LogP contribution in [0.25, 0.3) is 0 Å². The van der Waals surface area contributed by atoms with Crippen molar-refractivity contribution in [1.82, 2.24) is 10.4 Å². The zero-order valence-corrected chi connectivity index (χ0v) is 10.7. The van der Waals surface area contributed by atoms with E-state index in [0.29, 0.717) is 12.2 Å². The lowest BCUT2D eigenvalue weighted by Gasteiger charge is -2.29. The predicted molar refractivity (Wildman–Crippen MR) is 62.5 cm³/mol. The Labute approximate surface area is 108 Å². The molecule has 7 nitrogen and oxygen atoms in total. The Kier molecular flexibility index (Phi) is 3.49. The summed E-state index contributed by atoms with van der Waals surface area (Å²) in [4.78, 5) is 39.6. The minimum atomic E-state index is -1.17.